The molecule has 1 aromatic rings. The van der Waals surface area contributed by atoms with Crippen molar-refractivity contribution in [2.45, 2.75) is 35.6 Å². The Morgan fingerprint density at radius 3 is 2.58 bits per heavy atom. The minimum absolute atomic E-state index is 0.0993. The number of benzene rings is 1. The molecule has 6 heteroatoms. The monoisotopic (exact) mass is 336 g/mol. The Hall–Kier alpha value is 0.420. The number of hydrogen-bond acceptors (Lipinski definition) is 4. The minimum atomic E-state index is 0.0993. The van der Waals surface area contributed by atoms with Gasteiger partial charge in [-0.3, -0.25) is 11.3 Å². The van der Waals surface area contributed by atoms with Gasteiger partial charge in [-0.2, -0.15) is 23.5 Å². The molecule has 0 spiro atoms. The Bertz CT molecular complexity index is 445. The van der Waals surface area contributed by atoms with Crippen molar-refractivity contribution in [2.24, 2.45) is 5.84 Å². The fourth-order valence-electron chi connectivity index (χ4n) is 2.11. The first kappa shape index (κ1) is 15.8. The molecule has 1 aliphatic rings. The minimum Gasteiger partial charge on any atom is -0.271 e. The van der Waals surface area contributed by atoms with E-state index in [-0.39, 0.29) is 6.04 Å². The third-order valence-corrected chi connectivity index (χ3v) is 7.66. The topological polar surface area (TPSA) is 38.0 Å². The molecule has 2 rings (SSSR count). The molecule has 0 bridgehead atoms. The van der Waals surface area contributed by atoms with Gasteiger partial charge in [-0.1, -0.05) is 43.1 Å². The second kappa shape index (κ2) is 6.92. The van der Waals surface area contributed by atoms with Crippen LogP contribution in [0.3, 0.4) is 0 Å². The zero-order valence-corrected chi connectivity index (χ0v) is 14.0. The maximum atomic E-state index is 6.09. The van der Waals surface area contributed by atoms with Crippen LogP contribution in [0.2, 0.25) is 10.0 Å². The quantitative estimate of drug-likeness (QED) is 0.643. The van der Waals surface area contributed by atoms with Crippen LogP contribution in [-0.4, -0.2) is 21.5 Å². The van der Waals surface area contributed by atoms with Gasteiger partial charge in [0.1, 0.15) is 0 Å². The summed E-state index contributed by atoms with van der Waals surface area (Å²) in [5.41, 5.74) is 4.03. The lowest BCUT2D eigenvalue weighted by Crippen LogP contribution is -2.40. The van der Waals surface area contributed by atoms with Gasteiger partial charge in [0.05, 0.1) is 16.1 Å². The number of thioether (sulfide) groups is 2. The maximum Gasteiger partial charge on any atom is 0.0595 e. The summed E-state index contributed by atoms with van der Waals surface area (Å²) in [6.45, 7) is 4.56. The van der Waals surface area contributed by atoms with Crippen LogP contribution in [0.15, 0.2) is 18.2 Å². The highest BCUT2D eigenvalue weighted by atomic mass is 35.5. The average Bonchev–Trinajstić information content (AvgIpc) is 2.39. The van der Waals surface area contributed by atoms with Crippen molar-refractivity contribution < 1.29 is 0 Å². The third kappa shape index (κ3) is 3.74. The van der Waals surface area contributed by atoms with Crippen molar-refractivity contribution in [3.8, 4) is 0 Å². The van der Waals surface area contributed by atoms with Gasteiger partial charge in [-0.05, 0) is 17.7 Å². The van der Waals surface area contributed by atoms with Gasteiger partial charge in [0.2, 0.25) is 0 Å². The van der Waals surface area contributed by atoms with E-state index in [4.69, 9.17) is 29.0 Å². The molecule has 2 nitrogen and oxygen atoms in total. The van der Waals surface area contributed by atoms with E-state index in [1.54, 1.807) is 0 Å². The van der Waals surface area contributed by atoms with E-state index in [1.165, 1.54) is 0 Å². The predicted molar refractivity (Wildman–Crippen MR) is 89.3 cm³/mol. The molecule has 0 aliphatic carbocycles. The first-order chi connectivity index (χ1) is 9.02. The molecule has 3 N–H and O–H groups in total. The average molecular weight is 337 g/mol. The van der Waals surface area contributed by atoms with Gasteiger partial charge >= 0.3 is 0 Å². The van der Waals surface area contributed by atoms with Gasteiger partial charge in [-0.15, -0.1) is 0 Å². The largest absolute Gasteiger partial charge is 0.271 e. The molecule has 19 heavy (non-hydrogen) atoms. The van der Waals surface area contributed by atoms with Crippen molar-refractivity contribution in [3.63, 3.8) is 0 Å². The first-order valence-corrected chi connectivity index (χ1v) is 8.95. The fraction of sp³-hybridized carbons (Fsp3) is 0.538. The van der Waals surface area contributed by atoms with Crippen LogP contribution < -0.4 is 11.3 Å². The summed E-state index contributed by atoms with van der Waals surface area (Å²) in [6.07, 6.45) is 0. The Kier molecular flexibility index (Phi) is 5.76. The summed E-state index contributed by atoms with van der Waals surface area (Å²) in [7, 11) is 0. The van der Waals surface area contributed by atoms with Gasteiger partial charge < -0.3 is 0 Å². The molecular formula is C13H18Cl2N2S2. The Balaban J connectivity index is 2.17. The van der Waals surface area contributed by atoms with E-state index < -0.39 is 0 Å². The van der Waals surface area contributed by atoms with E-state index >= 15 is 0 Å². The van der Waals surface area contributed by atoms with Crippen molar-refractivity contribution in [1.82, 2.24) is 5.43 Å². The van der Waals surface area contributed by atoms with Gasteiger partial charge in [0, 0.05) is 21.5 Å². The summed E-state index contributed by atoms with van der Waals surface area (Å²) in [4.78, 5) is 0. The van der Waals surface area contributed by atoms with Crippen LogP contribution in [0, 0.1) is 0 Å². The van der Waals surface area contributed by atoms with E-state index in [1.807, 2.05) is 41.7 Å². The third-order valence-electron chi connectivity index (χ3n) is 3.43. The highest BCUT2D eigenvalue weighted by Gasteiger charge is 2.31. The predicted octanol–water partition coefficient (Wildman–Crippen LogP) is 4.12. The molecule has 106 valence electrons. The molecule has 0 radical (unpaired) electrons. The molecule has 4 unspecified atom stereocenters. The maximum absolute atomic E-state index is 6.09. The molecule has 1 heterocycles. The van der Waals surface area contributed by atoms with Crippen molar-refractivity contribution in [2.75, 3.05) is 5.75 Å². The zero-order chi connectivity index (χ0) is 14.0. The normalized spacial score (nSPS) is 29.2. The molecule has 1 aliphatic heterocycles. The summed E-state index contributed by atoms with van der Waals surface area (Å²) < 4.78 is 0. The summed E-state index contributed by atoms with van der Waals surface area (Å²) in [5, 5.41) is 2.91. The summed E-state index contributed by atoms with van der Waals surface area (Å²) in [5.74, 6) is 6.84. The molecule has 0 amide bonds. The summed E-state index contributed by atoms with van der Waals surface area (Å²) >= 11 is 16.1. The standard InChI is InChI=1S/C13H18Cl2N2S2/c1-7-8(2)19-12(6-18-7)13(17-16)9-3-4-10(14)11(15)5-9/h3-5,7-8,12-13,17H,6,16H2,1-2H3. The SMILES string of the molecule is CC1SCC(C(NN)c2ccc(Cl)c(Cl)c2)SC1C. The van der Waals surface area contributed by atoms with Crippen LogP contribution in [0.1, 0.15) is 25.5 Å². The lowest BCUT2D eigenvalue weighted by Gasteiger charge is -2.35. The molecule has 0 saturated carbocycles. The number of nitrogens with one attached hydrogen (secondary N) is 1. The van der Waals surface area contributed by atoms with Gasteiger partial charge in [-0.25, -0.2) is 0 Å². The van der Waals surface area contributed by atoms with E-state index in [0.717, 1.165) is 11.3 Å². The zero-order valence-electron chi connectivity index (χ0n) is 10.9. The molecule has 1 aromatic carbocycles. The lowest BCUT2D eigenvalue weighted by atomic mass is 10.1. The van der Waals surface area contributed by atoms with Crippen molar-refractivity contribution in [1.29, 1.82) is 0 Å². The number of hydrogen-bond donors (Lipinski definition) is 2. The number of nitrogens with two attached hydrogens (primary N) is 1. The fourth-order valence-corrected chi connectivity index (χ4v) is 5.51. The molecular weight excluding hydrogens is 319 g/mol. The van der Waals surface area contributed by atoms with E-state index in [0.29, 0.717) is 25.8 Å². The van der Waals surface area contributed by atoms with Crippen LogP contribution in [0.25, 0.3) is 0 Å². The van der Waals surface area contributed by atoms with Crippen molar-refractivity contribution in [3.05, 3.63) is 33.8 Å². The van der Waals surface area contributed by atoms with E-state index in [2.05, 4.69) is 19.3 Å². The first-order valence-electron chi connectivity index (χ1n) is 6.21. The molecule has 1 fully saturated rings. The second-order valence-electron chi connectivity index (χ2n) is 4.74. The highest BCUT2D eigenvalue weighted by Crippen LogP contribution is 2.41. The smallest absolute Gasteiger partial charge is 0.0595 e. The van der Waals surface area contributed by atoms with Crippen LogP contribution in [-0.2, 0) is 0 Å². The lowest BCUT2D eigenvalue weighted by molar-refractivity contribution is 0.550. The van der Waals surface area contributed by atoms with Gasteiger partial charge in [0.25, 0.3) is 0 Å². The molecule has 1 saturated heterocycles. The number of rotatable bonds is 3. The number of hydrazine groups is 1. The van der Waals surface area contributed by atoms with Crippen molar-refractivity contribution >= 4 is 46.7 Å². The Morgan fingerprint density at radius 1 is 1.26 bits per heavy atom. The molecule has 0 aromatic heterocycles. The van der Waals surface area contributed by atoms with Crippen LogP contribution in [0.5, 0.6) is 0 Å². The Morgan fingerprint density at radius 2 is 2.00 bits per heavy atom. The van der Waals surface area contributed by atoms with Crippen LogP contribution >= 0.6 is 46.7 Å². The molecule has 4 atom stereocenters. The Labute approximate surface area is 133 Å². The van der Waals surface area contributed by atoms with E-state index in [9.17, 15) is 0 Å². The van der Waals surface area contributed by atoms with Crippen LogP contribution in [0.4, 0.5) is 0 Å². The number of halogens is 2. The summed E-state index contributed by atoms with van der Waals surface area (Å²) in [6, 6.07) is 5.83. The second-order valence-corrected chi connectivity index (χ2v) is 8.58. The van der Waals surface area contributed by atoms with Gasteiger partial charge in [0.15, 0.2) is 0 Å². The highest BCUT2D eigenvalue weighted by molar-refractivity contribution is 8.07.